The molecule has 1 rings (SSSR count). The Hall–Kier alpha value is -2.44. The highest BCUT2D eigenvalue weighted by atomic mass is 16.6. The van der Waals surface area contributed by atoms with E-state index in [0.29, 0.717) is 5.70 Å². The normalized spacial score (nSPS) is 11.9. The Labute approximate surface area is 116 Å². The van der Waals surface area contributed by atoms with Gasteiger partial charge in [-0.1, -0.05) is 0 Å². The summed E-state index contributed by atoms with van der Waals surface area (Å²) in [4.78, 5) is 25.8. The van der Waals surface area contributed by atoms with Crippen molar-refractivity contribution in [2.75, 3.05) is 0 Å². The lowest BCUT2D eigenvalue weighted by molar-refractivity contribution is -0.385. The van der Waals surface area contributed by atoms with Gasteiger partial charge in [0.2, 0.25) is 0 Å². The summed E-state index contributed by atoms with van der Waals surface area (Å²) in [6, 6.07) is 2.83. The van der Waals surface area contributed by atoms with Gasteiger partial charge in [0.05, 0.1) is 4.92 Å². The Morgan fingerprint density at radius 2 is 2.15 bits per heavy atom. The van der Waals surface area contributed by atoms with Crippen molar-refractivity contribution in [3.05, 3.63) is 39.8 Å². The molecule has 1 N–H and O–H groups in total. The number of allylic oxidation sites excluding steroid dienone is 1. The second kappa shape index (κ2) is 6.14. The van der Waals surface area contributed by atoms with E-state index in [1.807, 2.05) is 0 Å². The first kappa shape index (κ1) is 15.6. The second-order valence-corrected chi connectivity index (χ2v) is 5.12. The van der Waals surface area contributed by atoms with Crippen LogP contribution in [0.3, 0.4) is 0 Å². The number of hydrogen-bond acceptors (Lipinski definition) is 5. The average molecular weight is 279 g/mol. The summed E-state index contributed by atoms with van der Waals surface area (Å²) in [7, 11) is 0. The molecule has 1 aromatic rings. The van der Waals surface area contributed by atoms with Crippen molar-refractivity contribution in [2.45, 2.75) is 33.3 Å². The highest BCUT2D eigenvalue weighted by Gasteiger charge is 2.17. The number of rotatable bonds is 3. The number of nitrogens with one attached hydrogen (secondary N) is 1. The Morgan fingerprint density at radius 3 is 2.70 bits per heavy atom. The van der Waals surface area contributed by atoms with E-state index in [1.54, 1.807) is 27.7 Å². The standard InChI is InChI=1S/C13H17N3O4/c1-9(15-12(17)20-13(2,3)4)8-10-11(16(18)19)6-5-7-14-10/h5-8H,1-4H3,(H,15,17)/b9-8+. The molecule has 0 aliphatic rings. The maximum absolute atomic E-state index is 11.5. The van der Waals surface area contributed by atoms with Crippen LogP contribution in [0.25, 0.3) is 6.08 Å². The van der Waals surface area contributed by atoms with Crippen LogP contribution in [0.4, 0.5) is 10.5 Å². The van der Waals surface area contributed by atoms with Crippen LogP contribution in [-0.4, -0.2) is 21.6 Å². The van der Waals surface area contributed by atoms with Crippen molar-refractivity contribution in [3.63, 3.8) is 0 Å². The first-order valence-corrected chi connectivity index (χ1v) is 5.97. The van der Waals surface area contributed by atoms with Gasteiger partial charge >= 0.3 is 6.09 Å². The molecule has 0 bridgehead atoms. The summed E-state index contributed by atoms with van der Waals surface area (Å²) in [6.45, 7) is 6.84. The van der Waals surface area contributed by atoms with Gasteiger partial charge in [-0.05, 0) is 39.8 Å². The summed E-state index contributed by atoms with van der Waals surface area (Å²) >= 11 is 0. The minimum Gasteiger partial charge on any atom is -0.444 e. The number of alkyl carbamates (subject to hydrolysis) is 1. The summed E-state index contributed by atoms with van der Waals surface area (Å²) in [5, 5.41) is 13.3. The van der Waals surface area contributed by atoms with Gasteiger partial charge in [0.15, 0.2) is 0 Å². The molecule has 108 valence electrons. The van der Waals surface area contributed by atoms with Crippen LogP contribution < -0.4 is 5.32 Å². The predicted octanol–water partition coefficient (Wildman–Crippen LogP) is 2.88. The van der Waals surface area contributed by atoms with Crippen molar-refractivity contribution in [3.8, 4) is 0 Å². The SMILES string of the molecule is C/C(=C\c1ncccc1[N+](=O)[O-])NC(=O)OC(C)(C)C. The van der Waals surface area contributed by atoms with Crippen molar-refractivity contribution in [1.29, 1.82) is 0 Å². The van der Waals surface area contributed by atoms with Gasteiger partial charge in [-0.15, -0.1) is 0 Å². The molecule has 20 heavy (non-hydrogen) atoms. The number of carbonyl (C=O) groups is 1. The molecule has 0 aromatic carbocycles. The lowest BCUT2D eigenvalue weighted by Gasteiger charge is -2.19. The largest absolute Gasteiger partial charge is 0.444 e. The van der Waals surface area contributed by atoms with Crippen LogP contribution in [0.2, 0.25) is 0 Å². The van der Waals surface area contributed by atoms with E-state index in [9.17, 15) is 14.9 Å². The van der Waals surface area contributed by atoms with Gasteiger partial charge in [-0.2, -0.15) is 0 Å². The van der Waals surface area contributed by atoms with Crippen LogP contribution in [-0.2, 0) is 4.74 Å². The number of nitro groups is 1. The van der Waals surface area contributed by atoms with Crippen molar-refractivity contribution in [2.24, 2.45) is 0 Å². The third-order valence-corrected chi connectivity index (χ3v) is 2.06. The fraction of sp³-hybridized carbons (Fsp3) is 0.385. The molecule has 1 heterocycles. The molecule has 7 nitrogen and oxygen atoms in total. The second-order valence-electron chi connectivity index (χ2n) is 5.12. The van der Waals surface area contributed by atoms with Crippen LogP contribution in [0.15, 0.2) is 24.0 Å². The lowest BCUT2D eigenvalue weighted by atomic mass is 10.2. The minimum atomic E-state index is -0.621. The van der Waals surface area contributed by atoms with E-state index < -0.39 is 16.6 Å². The molecule has 0 saturated carbocycles. The van der Waals surface area contributed by atoms with Crippen LogP contribution in [0, 0.1) is 10.1 Å². The Balaban J connectivity index is 2.85. The molecule has 0 unspecified atom stereocenters. The monoisotopic (exact) mass is 279 g/mol. The number of hydrogen-bond donors (Lipinski definition) is 1. The van der Waals surface area contributed by atoms with Crippen molar-refractivity contribution < 1.29 is 14.5 Å². The van der Waals surface area contributed by atoms with Crippen LogP contribution >= 0.6 is 0 Å². The van der Waals surface area contributed by atoms with Gasteiger partial charge < -0.3 is 4.74 Å². The summed E-state index contributed by atoms with van der Waals surface area (Å²) in [5.41, 5.74) is -0.161. The number of pyridine rings is 1. The maximum atomic E-state index is 11.5. The smallest absolute Gasteiger partial charge is 0.411 e. The maximum Gasteiger partial charge on any atom is 0.411 e. The van der Waals surface area contributed by atoms with Gasteiger partial charge in [-0.3, -0.25) is 15.4 Å². The lowest BCUT2D eigenvalue weighted by Crippen LogP contribution is -2.31. The molecule has 1 amide bonds. The number of nitrogens with zero attached hydrogens (tertiary/aromatic N) is 2. The first-order valence-electron chi connectivity index (χ1n) is 5.97. The van der Waals surface area contributed by atoms with Gasteiger partial charge in [0, 0.05) is 18.0 Å². The molecule has 0 radical (unpaired) electrons. The molecular weight excluding hydrogens is 262 g/mol. The van der Waals surface area contributed by atoms with Crippen molar-refractivity contribution >= 4 is 17.9 Å². The molecule has 0 aliphatic carbocycles. The minimum absolute atomic E-state index is 0.127. The predicted molar refractivity (Wildman–Crippen MR) is 73.9 cm³/mol. The molecule has 1 aromatic heterocycles. The average Bonchev–Trinajstić information content (AvgIpc) is 2.26. The van der Waals surface area contributed by atoms with Gasteiger partial charge in [0.1, 0.15) is 11.3 Å². The van der Waals surface area contributed by atoms with Crippen LogP contribution in [0.5, 0.6) is 0 Å². The highest BCUT2D eigenvalue weighted by Crippen LogP contribution is 2.17. The molecular formula is C13H17N3O4. The molecule has 0 spiro atoms. The fourth-order valence-corrected chi connectivity index (χ4v) is 1.38. The number of amides is 1. The molecule has 0 fully saturated rings. The van der Waals surface area contributed by atoms with Gasteiger partial charge in [0.25, 0.3) is 5.69 Å². The number of aromatic nitrogens is 1. The zero-order chi connectivity index (χ0) is 15.3. The zero-order valence-corrected chi connectivity index (χ0v) is 11.8. The van der Waals surface area contributed by atoms with E-state index in [-0.39, 0.29) is 11.4 Å². The van der Waals surface area contributed by atoms with E-state index in [2.05, 4.69) is 10.3 Å². The Morgan fingerprint density at radius 1 is 1.50 bits per heavy atom. The summed E-state index contributed by atoms with van der Waals surface area (Å²) in [5.74, 6) is 0. The molecule has 0 atom stereocenters. The number of carbonyl (C=O) groups excluding carboxylic acids is 1. The Bertz CT molecular complexity index is 547. The third kappa shape index (κ3) is 5.05. The fourth-order valence-electron chi connectivity index (χ4n) is 1.38. The summed E-state index contributed by atoms with van der Waals surface area (Å²) < 4.78 is 5.08. The summed E-state index contributed by atoms with van der Waals surface area (Å²) in [6.07, 6.45) is 2.24. The topological polar surface area (TPSA) is 94.4 Å². The molecule has 0 aliphatic heterocycles. The highest BCUT2D eigenvalue weighted by molar-refractivity contribution is 5.72. The molecule has 7 heteroatoms. The molecule has 0 saturated heterocycles. The van der Waals surface area contributed by atoms with Gasteiger partial charge in [-0.25, -0.2) is 9.78 Å². The van der Waals surface area contributed by atoms with E-state index >= 15 is 0 Å². The Kier molecular flexibility index (Phi) is 4.79. The van der Waals surface area contributed by atoms with E-state index in [1.165, 1.54) is 24.4 Å². The van der Waals surface area contributed by atoms with E-state index in [0.717, 1.165) is 0 Å². The van der Waals surface area contributed by atoms with E-state index in [4.69, 9.17) is 4.74 Å². The zero-order valence-electron chi connectivity index (χ0n) is 11.8. The number of ether oxygens (including phenoxy) is 1. The first-order chi connectivity index (χ1) is 9.19. The van der Waals surface area contributed by atoms with Crippen LogP contribution in [0.1, 0.15) is 33.4 Å². The quantitative estimate of drug-likeness (QED) is 0.678. The van der Waals surface area contributed by atoms with Crippen molar-refractivity contribution in [1.82, 2.24) is 10.3 Å². The third-order valence-electron chi connectivity index (χ3n) is 2.06.